The lowest BCUT2D eigenvalue weighted by Gasteiger charge is -2.15. The van der Waals surface area contributed by atoms with Crippen molar-refractivity contribution >= 4 is 0 Å². The highest BCUT2D eigenvalue weighted by Crippen LogP contribution is 2.27. The van der Waals surface area contributed by atoms with Crippen LogP contribution < -0.4 is 0 Å². The van der Waals surface area contributed by atoms with E-state index < -0.39 is 0 Å². The number of nitrogens with one attached hydrogen (secondary N) is 1. The number of aryl methyl sites for hydroxylation is 2. The number of aromatic nitrogens is 2. The lowest BCUT2D eigenvalue weighted by molar-refractivity contribution is 0.531. The van der Waals surface area contributed by atoms with Gasteiger partial charge >= 0.3 is 0 Å². The summed E-state index contributed by atoms with van der Waals surface area (Å²) in [5.74, 6) is 1.28. The van der Waals surface area contributed by atoms with Crippen LogP contribution >= 0.6 is 0 Å². The van der Waals surface area contributed by atoms with Crippen LogP contribution in [0.2, 0.25) is 0 Å². The summed E-state index contributed by atoms with van der Waals surface area (Å²) in [5, 5.41) is 7.22. The van der Waals surface area contributed by atoms with Crippen LogP contribution in [0.4, 0.5) is 0 Å². The summed E-state index contributed by atoms with van der Waals surface area (Å²) in [6.07, 6.45) is 0. The standard InChI is InChI=1S/C10H18N2/c1-6(2)7(3)10-8(4)11-12-9(10)5/h6-7H,1-5H3,(H,11,12). The Morgan fingerprint density at radius 1 is 1.17 bits per heavy atom. The molecule has 0 aromatic carbocycles. The maximum atomic E-state index is 4.19. The van der Waals surface area contributed by atoms with E-state index in [2.05, 4.69) is 44.8 Å². The summed E-state index contributed by atoms with van der Waals surface area (Å²) >= 11 is 0. The smallest absolute Gasteiger partial charge is 0.0628 e. The zero-order valence-electron chi connectivity index (χ0n) is 8.60. The first-order valence-corrected chi connectivity index (χ1v) is 4.55. The highest BCUT2D eigenvalue weighted by Gasteiger charge is 2.16. The molecule has 1 heterocycles. The Morgan fingerprint density at radius 3 is 2.08 bits per heavy atom. The van der Waals surface area contributed by atoms with Crippen molar-refractivity contribution in [3.63, 3.8) is 0 Å². The van der Waals surface area contributed by atoms with E-state index in [9.17, 15) is 0 Å². The van der Waals surface area contributed by atoms with Gasteiger partial charge in [-0.25, -0.2) is 0 Å². The molecule has 0 spiro atoms. The average Bonchev–Trinajstić information content (AvgIpc) is 2.30. The predicted octanol–water partition coefficient (Wildman–Crippen LogP) is 2.79. The van der Waals surface area contributed by atoms with E-state index in [0.717, 1.165) is 5.69 Å². The monoisotopic (exact) mass is 166 g/mol. The predicted molar refractivity (Wildman–Crippen MR) is 51.3 cm³/mol. The molecule has 1 rings (SSSR count). The molecule has 1 atom stereocenters. The summed E-state index contributed by atoms with van der Waals surface area (Å²) in [5.41, 5.74) is 3.76. The molecular formula is C10H18N2. The van der Waals surface area contributed by atoms with Crippen LogP contribution in [0.3, 0.4) is 0 Å². The second kappa shape index (κ2) is 3.30. The van der Waals surface area contributed by atoms with E-state index in [-0.39, 0.29) is 0 Å². The zero-order valence-corrected chi connectivity index (χ0v) is 8.60. The van der Waals surface area contributed by atoms with Gasteiger partial charge in [-0.1, -0.05) is 20.8 Å². The molecule has 0 saturated heterocycles. The second-order valence-corrected chi connectivity index (χ2v) is 3.88. The van der Waals surface area contributed by atoms with Crippen LogP contribution in [0.1, 0.15) is 43.6 Å². The van der Waals surface area contributed by atoms with Crippen molar-refractivity contribution < 1.29 is 0 Å². The van der Waals surface area contributed by atoms with Crippen molar-refractivity contribution in [2.24, 2.45) is 5.92 Å². The van der Waals surface area contributed by atoms with Crippen molar-refractivity contribution in [2.45, 2.75) is 40.5 Å². The summed E-state index contributed by atoms with van der Waals surface area (Å²) in [6, 6.07) is 0. The molecule has 0 radical (unpaired) electrons. The van der Waals surface area contributed by atoms with Gasteiger partial charge in [-0.3, -0.25) is 5.10 Å². The van der Waals surface area contributed by atoms with E-state index in [4.69, 9.17) is 0 Å². The number of rotatable bonds is 2. The number of nitrogens with zero attached hydrogens (tertiary/aromatic N) is 1. The summed E-state index contributed by atoms with van der Waals surface area (Å²) in [4.78, 5) is 0. The number of aromatic amines is 1. The first kappa shape index (κ1) is 9.30. The summed E-state index contributed by atoms with van der Waals surface area (Å²) < 4.78 is 0. The number of hydrogen-bond donors (Lipinski definition) is 1. The fourth-order valence-corrected chi connectivity index (χ4v) is 1.56. The van der Waals surface area contributed by atoms with Gasteiger partial charge in [0.15, 0.2) is 0 Å². The third-order valence-corrected chi connectivity index (χ3v) is 2.64. The Balaban J connectivity index is 3.00. The van der Waals surface area contributed by atoms with Crippen molar-refractivity contribution in [1.82, 2.24) is 10.2 Å². The molecule has 2 nitrogen and oxygen atoms in total. The number of H-pyrrole nitrogens is 1. The van der Waals surface area contributed by atoms with Crippen LogP contribution in [0, 0.1) is 19.8 Å². The van der Waals surface area contributed by atoms with E-state index in [1.165, 1.54) is 11.3 Å². The molecule has 0 saturated carbocycles. The molecule has 1 aromatic heterocycles. The van der Waals surface area contributed by atoms with Gasteiger partial charge in [0.05, 0.1) is 5.69 Å². The topological polar surface area (TPSA) is 28.7 Å². The largest absolute Gasteiger partial charge is 0.282 e. The minimum atomic E-state index is 0.601. The molecule has 1 N–H and O–H groups in total. The SMILES string of the molecule is Cc1n[nH]c(C)c1C(C)C(C)C. The normalized spacial score (nSPS) is 13.8. The molecule has 12 heavy (non-hydrogen) atoms. The minimum Gasteiger partial charge on any atom is -0.282 e. The van der Waals surface area contributed by atoms with E-state index in [1.54, 1.807) is 0 Å². The van der Waals surface area contributed by atoms with Crippen molar-refractivity contribution in [3.05, 3.63) is 17.0 Å². The average molecular weight is 166 g/mol. The van der Waals surface area contributed by atoms with Gasteiger partial charge < -0.3 is 0 Å². The minimum absolute atomic E-state index is 0.601. The van der Waals surface area contributed by atoms with Gasteiger partial charge in [-0.05, 0) is 31.2 Å². The lowest BCUT2D eigenvalue weighted by atomic mass is 9.89. The van der Waals surface area contributed by atoms with Crippen molar-refractivity contribution in [3.8, 4) is 0 Å². The highest BCUT2D eigenvalue weighted by molar-refractivity contribution is 5.27. The molecule has 2 heteroatoms. The second-order valence-electron chi connectivity index (χ2n) is 3.88. The molecule has 0 amide bonds. The maximum Gasteiger partial charge on any atom is 0.0628 e. The third kappa shape index (κ3) is 1.52. The van der Waals surface area contributed by atoms with Gasteiger partial charge in [0, 0.05) is 5.69 Å². The van der Waals surface area contributed by atoms with Gasteiger partial charge in [-0.2, -0.15) is 5.10 Å². The lowest BCUT2D eigenvalue weighted by Crippen LogP contribution is -2.04. The Kier molecular flexibility index (Phi) is 2.55. The van der Waals surface area contributed by atoms with Crippen molar-refractivity contribution in [2.75, 3.05) is 0 Å². The van der Waals surface area contributed by atoms with E-state index in [0.29, 0.717) is 11.8 Å². The highest BCUT2D eigenvalue weighted by atomic mass is 15.1. The van der Waals surface area contributed by atoms with Gasteiger partial charge in [0.1, 0.15) is 0 Å². The molecule has 0 fully saturated rings. The first-order chi connectivity index (χ1) is 5.54. The van der Waals surface area contributed by atoms with E-state index >= 15 is 0 Å². The fraction of sp³-hybridized carbons (Fsp3) is 0.700. The van der Waals surface area contributed by atoms with Crippen LogP contribution in [-0.4, -0.2) is 10.2 Å². The number of hydrogen-bond acceptors (Lipinski definition) is 1. The first-order valence-electron chi connectivity index (χ1n) is 4.55. The van der Waals surface area contributed by atoms with E-state index in [1.807, 2.05) is 0 Å². The summed E-state index contributed by atoms with van der Waals surface area (Å²) in [7, 11) is 0. The zero-order chi connectivity index (χ0) is 9.30. The molecule has 68 valence electrons. The van der Waals surface area contributed by atoms with Crippen LogP contribution in [-0.2, 0) is 0 Å². The molecule has 1 unspecified atom stereocenters. The Morgan fingerprint density at radius 2 is 1.75 bits per heavy atom. The Labute approximate surface area is 74.4 Å². The molecule has 0 aliphatic heterocycles. The van der Waals surface area contributed by atoms with Crippen molar-refractivity contribution in [1.29, 1.82) is 0 Å². The Hall–Kier alpha value is -0.790. The van der Waals surface area contributed by atoms with Crippen LogP contribution in [0.15, 0.2) is 0 Å². The molecule has 1 aromatic rings. The van der Waals surface area contributed by atoms with Gasteiger partial charge in [0.25, 0.3) is 0 Å². The molecular weight excluding hydrogens is 148 g/mol. The van der Waals surface area contributed by atoms with Crippen LogP contribution in [0.25, 0.3) is 0 Å². The molecule has 0 aliphatic carbocycles. The van der Waals surface area contributed by atoms with Gasteiger partial charge in [-0.15, -0.1) is 0 Å². The summed E-state index contributed by atoms with van der Waals surface area (Å²) in [6.45, 7) is 10.9. The maximum absolute atomic E-state index is 4.19. The molecule has 0 bridgehead atoms. The molecule has 0 aliphatic rings. The van der Waals surface area contributed by atoms with Gasteiger partial charge in [0.2, 0.25) is 0 Å². The quantitative estimate of drug-likeness (QED) is 0.719. The third-order valence-electron chi connectivity index (χ3n) is 2.64. The van der Waals surface area contributed by atoms with Crippen LogP contribution in [0.5, 0.6) is 0 Å². The fourth-order valence-electron chi connectivity index (χ4n) is 1.56. The Bertz CT molecular complexity index is 241.